The normalized spacial score (nSPS) is 13.6. The maximum absolute atomic E-state index is 12.0. The third kappa shape index (κ3) is 6.67. The number of carbonyl (C=O) groups is 1. The molecule has 0 aromatic rings. The molecule has 0 radical (unpaired) electrons. The standard InChI is InChI=1S/C13H27O4P/c1-5-7-8-9-10-12(6-2)13(14)11-18(15,16-3)17-4/h12H,5-11H2,1-4H3. The first kappa shape index (κ1) is 17.8. The lowest BCUT2D eigenvalue weighted by atomic mass is 9.95. The van der Waals surface area contributed by atoms with Gasteiger partial charge in [-0.15, -0.1) is 0 Å². The SMILES string of the molecule is CCCCCCC(CC)C(=O)CP(=O)(OC)OC. The molecule has 108 valence electrons. The van der Waals surface area contributed by atoms with Gasteiger partial charge in [0.05, 0.1) is 0 Å². The van der Waals surface area contributed by atoms with Gasteiger partial charge in [0.25, 0.3) is 0 Å². The van der Waals surface area contributed by atoms with E-state index in [0.717, 1.165) is 25.7 Å². The van der Waals surface area contributed by atoms with Crippen LogP contribution in [0.25, 0.3) is 0 Å². The van der Waals surface area contributed by atoms with Gasteiger partial charge in [0.15, 0.2) is 0 Å². The summed E-state index contributed by atoms with van der Waals surface area (Å²) in [6, 6.07) is 0. The van der Waals surface area contributed by atoms with E-state index in [9.17, 15) is 9.36 Å². The molecule has 0 N–H and O–H groups in total. The molecule has 0 fully saturated rings. The van der Waals surface area contributed by atoms with Crippen molar-refractivity contribution in [1.82, 2.24) is 0 Å². The Morgan fingerprint density at radius 2 is 1.72 bits per heavy atom. The molecule has 0 heterocycles. The average molecular weight is 278 g/mol. The Bertz CT molecular complexity index is 270. The van der Waals surface area contributed by atoms with Crippen LogP contribution in [0.15, 0.2) is 0 Å². The van der Waals surface area contributed by atoms with E-state index < -0.39 is 7.60 Å². The number of Topliss-reactive ketones (excluding diaryl/α,β-unsaturated/α-hetero) is 1. The van der Waals surface area contributed by atoms with Crippen molar-refractivity contribution < 1.29 is 18.4 Å². The number of hydrogen-bond donors (Lipinski definition) is 0. The molecule has 0 aliphatic heterocycles. The van der Waals surface area contributed by atoms with Crippen LogP contribution in [0, 0.1) is 5.92 Å². The van der Waals surface area contributed by atoms with E-state index in [1.165, 1.54) is 27.1 Å². The van der Waals surface area contributed by atoms with Crippen LogP contribution in [0.1, 0.15) is 52.4 Å². The molecule has 0 aromatic heterocycles. The Balaban J connectivity index is 4.22. The summed E-state index contributed by atoms with van der Waals surface area (Å²) >= 11 is 0. The summed E-state index contributed by atoms with van der Waals surface area (Å²) in [5.74, 6) is -0.0125. The number of ketones is 1. The second-order valence-corrected chi connectivity index (χ2v) is 6.82. The lowest BCUT2D eigenvalue weighted by Crippen LogP contribution is -2.18. The van der Waals surface area contributed by atoms with Gasteiger partial charge in [-0.3, -0.25) is 9.36 Å². The van der Waals surface area contributed by atoms with Gasteiger partial charge in [-0.2, -0.15) is 0 Å². The van der Waals surface area contributed by atoms with Crippen LogP contribution in [0.4, 0.5) is 0 Å². The van der Waals surface area contributed by atoms with Crippen molar-refractivity contribution in [3.63, 3.8) is 0 Å². The van der Waals surface area contributed by atoms with Gasteiger partial charge < -0.3 is 9.05 Å². The van der Waals surface area contributed by atoms with Gasteiger partial charge >= 0.3 is 7.60 Å². The molecule has 1 atom stereocenters. The quantitative estimate of drug-likeness (QED) is 0.423. The maximum atomic E-state index is 12.0. The summed E-state index contributed by atoms with van der Waals surface area (Å²) in [5, 5.41) is 0. The van der Waals surface area contributed by atoms with Crippen LogP contribution >= 0.6 is 7.60 Å². The van der Waals surface area contributed by atoms with Crippen LogP contribution in [-0.4, -0.2) is 26.2 Å². The highest BCUT2D eigenvalue weighted by molar-refractivity contribution is 7.54. The van der Waals surface area contributed by atoms with E-state index in [1.807, 2.05) is 6.92 Å². The van der Waals surface area contributed by atoms with E-state index in [4.69, 9.17) is 9.05 Å². The molecule has 5 heteroatoms. The fraction of sp³-hybridized carbons (Fsp3) is 0.923. The Morgan fingerprint density at radius 1 is 1.11 bits per heavy atom. The summed E-state index contributed by atoms with van der Waals surface area (Å²) in [4.78, 5) is 12.0. The third-order valence-corrected chi connectivity index (χ3v) is 5.07. The molecule has 0 rings (SSSR count). The van der Waals surface area contributed by atoms with Crippen LogP contribution in [-0.2, 0) is 18.4 Å². The Kier molecular flexibility index (Phi) is 9.61. The van der Waals surface area contributed by atoms with Crippen molar-refractivity contribution in [2.75, 3.05) is 20.4 Å². The first-order valence-electron chi connectivity index (χ1n) is 6.76. The van der Waals surface area contributed by atoms with Crippen LogP contribution < -0.4 is 0 Å². The van der Waals surface area contributed by atoms with E-state index in [-0.39, 0.29) is 17.9 Å². The molecule has 0 aliphatic carbocycles. The van der Waals surface area contributed by atoms with Crippen molar-refractivity contribution in [1.29, 1.82) is 0 Å². The zero-order valence-electron chi connectivity index (χ0n) is 12.1. The first-order chi connectivity index (χ1) is 8.52. The zero-order valence-corrected chi connectivity index (χ0v) is 13.0. The molecule has 4 nitrogen and oxygen atoms in total. The summed E-state index contributed by atoms with van der Waals surface area (Å²) in [6.07, 6.45) is 6.18. The van der Waals surface area contributed by atoms with E-state index >= 15 is 0 Å². The van der Waals surface area contributed by atoms with Gasteiger partial charge in [-0.25, -0.2) is 0 Å². The van der Waals surface area contributed by atoms with E-state index in [2.05, 4.69) is 6.92 Å². The minimum atomic E-state index is -3.20. The van der Waals surface area contributed by atoms with Crippen molar-refractivity contribution in [3.05, 3.63) is 0 Å². The first-order valence-corrected chi connectivity index (χ1v) is 8.49. The molecule has 0 aromatic carbocycles. The fourth-order valence-corrected chi connectivity index (χ4v) is 2.98. The molecule has 0 bridgehead atoms. The largest absolute Gasteiger partial charge is 0.337 e. The summed E-state index contributed by atoms with van der Waals surface area (Å²) < 4.78 is 21.5. The molecule has 0 saturated carbocycles. The zero-order chi connectivity index (χ0) is 14.0. The predicted octanol–water partition coefficient (Wildman–Crippen LogP) is 4.04. The van der Waals surface area contributed by atoms with Crippen LogP contribution in [0.2, 0.25) is 0 Å². The van der Waals surface area contributed by atoms with Crippen LogP contribution in [0.5, 0.6) is 0 Å². The Labute approximate surface area is 111 Å². The van der Waals surface area contributed by atoms with Crippen molar-refractivity contribution in [3.8, 4) is 0 Å². The maximum Gasteiger partial charge on any atom is 0.337 e. The van der Waals surface area contributed by atoms with Gasteiger partial charge in [0, 0.05) is 20.1 Å². The lowest BCUT2D eigenvalue weighted by molar-refractivity contribution is -0.121. The second-order valence-electron chi connectivity index (χ2n) is 4.55. The number of rotatable bonds is 11. The third-order valence-electron chi connectivity index (χ3n) is 3.26. The molecule has 1 unspecified atom stereocenters. The van der Waals surface area contributed by atoms with E-state index in [0.29, 0.717) is 0 Å². The molecule has 0 amide bonds. The number of unbranched alkanes of at least 4 members (excludes halogenated alkanes) is 3. The van der Waals surface area contributed by atoms with Crippen molar-refractivity contribution >= 4 is 13.4 Å². The minimum absolute atomic E-state index is 0.000955. The smallest absolute Gasteiger partial charge is 0.312 e. The van der Waals surface area contributed by atoms with E-state index in [1.54, 1.807) is 0 Å². The molecular weight excluding hydrogens is 251 g/mol. The summed E-state index contributed by atoms with van der Waals surface area (Å²) in [7, 11) is -0.560. The molecular formula is C13H27O4P. The van der Waals surface area contributed by atoms with Gasteiger partial charge in [0.1, 0.15) is 11.9 Å². The Hall–Kier alpha value is -0.180. The highest BCUT2D eigenvalue weighted by atomic mass is 31.2. The van der Waals surface area contributed by atoms with Crippen molar-refractivity contribution in [2.45, 2.75) is 52.4 Å². The highest BCUT2D eigenvalue weighted by Crippen LogP contribution is 2.46. The topological polar surface area (TPSA) is 52.6 Å². The number of hydrogen-bond acceptors (Lipinski definition) is 4. The predicted molar refractivity (Wildman–Crippen MR) is 74.0 cm³/mol. The summed E-state index contributed by atoms with van der Waals surface area (Å²) in [6.45, 7) is 4.16. The van der Waals surface area contributed by atoms with Gasteiger partial charge in [0.2, 0.25) is 0 Å². The van der Waals surface area contributed by atoms with Crippen molar-refractivity contribution in [2.24, 2.45) is 5.92 Å². The summed E-state index contributed by atoms with van der Waals surface area (Å²) in [5.41, 5.74) is 0. The molecule has 0 aliphatic rings. The Morgan fingerprint density at radius 3 is 2.17 bits per heavy atom. The van der Waals surface area contributed by atoms with Gasteiger partial charge in [-0.1, -0.05) is 39.5 Å². The average Bonchev–Trinajstić information content (AvgIpc) is 2.38. The second kappa shape index (κ2) is 9.71. The lowest BCUT2D eigenvalue weighted by Gasteiger charge is -2.17. The monoisotopic (exact) mass is 278 g/mol. The number of carbonyl (C=O) groups excluding carboxylic acids is 1. The fourth-order valence-electron chi connectivity index (χ4n) is 1.93. The van der Waals surface area contributed by atoms with Crippen LogP contribution in [0.3, 0.4) is 0 Å². The molecule has 0 saturated heterocycles. The highest BCUT2D eigenvalue weighted by Gasteiger charge is 2.28. The van der Waals surface area contributed by atoms with Gasteiger partial charge in [-0.05, 0) is 12.8 Å². The minimum Gasteiger partial charge on any atom is -0.312 e. The molecule has 0 spiro atoms. The molecule has 18 heavy (non-hydrogen) atoms.